The molecule has 0 aliphatic rings. The van der Waals surface area contributed by atoms with Gasteiger partial charge in [-0.05, 0) is 13.0 Å². The second-order valence-electron chi connectivity index (χ2n) is 1.89. The minimum atomic E-state index is -0.796. The molecular formula is C7H9NO2. The Morgan fingerprint density at radius 3 is 2.90 bits per heavy atom. The van der Waals surface area contributed by atoms with Gasteiger partial charge in [0.2, 0.25) is 5.88 Å². The maximum atomic E-state index is 8.74. The summed E-state index contributed by atoms with van der Waals surface area (Å²) in [6, 6.07) is 5.27. The van der Waals surface area contributed by atoms with E-state index in [0.29, 0.717) is 5.88 Å². The summed E-state index contributed by atoms with van der Waals surface area (Å²) in [6.07, 6.45) is 0.812. The first-order valence-corrected chi connectivity index (χ1v) is 3.05. The van der Waals surface area contributed by atoms with Crippen LogP contribution in [-0.4, -0.2) is 16.4 Å². The Morgan fingerprint density at radius 1 is 1.60 bits per heavy atom. The van der Waals surface area contributed by atoms with Gasteiger partial charge in [-0.15, -0.1) is 0 Å². The standard InChI is InChI=1S/C7H9NO2/c1-6(9)10-7-4-2-3-5-8-7/h2-6,9H,1H3. The maximum Gasteiger partial charge on any atom is 0.215 e. The molecule has 1 N–H and O–H groups in total. The number of pyridine rings is 1. The van der Waals surface area contributed by atoms with Crippen molar-refractivity contribution in [2.24, 2.45) is 0 Å². The van der Waals surface area contributed by atoms with Crippen molar-refractivity contribution in [3.8, 4) is 5.88 Å². The molecule has 1 rings (SSSR count). The lowest BCUT2D eigenvalue weighted by molar-refractivity contribution is -0.00368. The third-order valence-electron chi connectivity index (χ3n) is 0.929. The third-order valence-corrected chi connectivity index (χ3v) is 0.929. The Hall–Kier alpha value is -1.09. The van der Waals surface area contributed by atoms with Crippen LogP contribution in [-0.2, 0) is 0 Å². The molecular weight excluding hydrogens is 130 g/mol. The quantitative estimate of drug-likeness (QED) is 0.616. The van der Waals surface area contributed by atoms with E-state index in [2.05, 4.69) is 4.98 Å². The normalized spacial score (nSPS) is 12.6. The Kier molecular flexibility index (Phi) is 2.23. The van der Waals surface area contributed by atoms with Gasteiger partial charge in [0.25, 0.3) is 0 Å². The van der Waals surface area contributed by atoms with Crippen LogP contribution < -0.4 is 4.74 Å². The summed E-state index contributed by atoms with van der Waals surface area (Å²) >= 11 is 0. The Morgan fingerprint density at radius 2 is 2.40 bits per heavy atom. The fraction of sp³-hybridized carbons (Fsp3) is 0.286. The predicted octanol–water partition coefficient (Wildman–Crippen LogP) is 0.799. The molecule has 0 aliphatic heterocycles. The van der Waals surface area contributed by atoms with Crippen LogP contribution in [0.2, 0.25) is 0 Å². The molecule has 3 nitrogen and oxygen atoms in total. The number of rotatable bonds is 2. The molecule has 1 unspecified atom stereocenters. The molecule has 0 aromatic carbocycles. The summed E-state index contributed by atoms with van der Waals surface area (Å²) in [6.45, 7) is 1.54. The number of aliphatic hydroxyl groups excluding tert-OH is 1. The van der Waals surface area contributed by atoms with Crippen molar-refractivity contribution in [2.45, 2.75) is 13.2 Å². The fourth-order valence-corrected chi connectivity index (χ4v) is 0.592. The van der Waals surface area contributed by atoms with E-state index in [0.717, 1.165) is 0 Å². The molecule has 54 valence electrons. The Balaban J connectivity index is 2.59. The van der Waals surface area contributed by atoms with Gasteiger partial charge in [-0.2, -0.15) is 0 Å². The van der Waals surface area contributed by atoms with Gasteiger partial charge in [-0.25, -0.2) is 4.98 Å². The number of aromatic nitrogens is 1. The van der Waals surface area contributed by atoms with Crippen LogP contribution >= 0.6 is 0 Å². The molecule has 0 aliphatic carbocycles. The van der Waals surface area contributed by atoms with Crippen molar-refractivity contribution in [1.82, 2.24) is 4.98 Å². The molecule has 1 heterocycles. The average molecular weight is 139 g/mol. The topological polar surface area (TPSA) is 42.4 Å². The number of hydrogen-bond acceptors (Lipinski definition) is 3. The number of nitrogens with zero attached hydrogens (tertiary/aromatic N) is 1. The molecule has 0 spiro atoms. The summed E-state index contributed by atoms with van der Waals surface area (Å²) in [5.74, 6) is 0.442. The summed E-state index contributed by atoms with van der Waals surface area (Å²) in [4.78, 5) is 3.84. The summed E-state index contributed by atoms with van der Waals surface area (Å²) < 4.78 is 4.86. The molecule has 3 heteroatoms. The van der Waals surface area contributed by atoms with Crippen molar-refractivity contribution < 1.29 is 9.84 Å². The van der Waals surface area contributed by atoms with Crippen LogP contribution in [0.15, 0.2) is 24.4 Å². The van der Waals surface area contributed by atoms with Gasteiger partial charge in [-0.1, -0.05) is 6.07 Å². The fourth-order valence-electron chi connectivity index (χ4n) is 0.592. The molecule has 0 radical (unpaired) electrons. The lowest BCUT2D eigenvalue weighted by atomic mass is 10.5. The van der Waals surface area contributed by atoms with Crippen molar-refractivity contribution in [1.29, 1.82) is 0 Å². The van der Waals surface area contributed by atoms with Crippen molar-refractivity contribution in [2.75, 3.05) is 0 Å². The van der Waals surface area contributed by atoms with Gasteiger partial charge in [0.15, 0.2) is 6.29 Å². The minimum absolute atomic E-state index is 0.442. The first-order valence-electron chi connectivity index (χ1n) is 3.05. The zero-order valence-electron chi connectivity index (χ0n) is 5.69. The number of ether oxygens (including phenoxy) is 1. The van der Waals surface area contributed by atoms with E-state index in [1.807, 2.05) is 0 Å². The second kappa shape index (κ2) is 3.17. The van der Waals surface area contributed by atoms with E-state index in [1.165, 1.54) is 6.92 Å². The van der Waals surface area contributed by atoms with Gasteiger partial charge >= 0.3 is 0 Å². The van der Waals surface area contributed by atoms with E-state index in [4.69, 9.17) is 9.84 Å². The molecule has 1 aromatic rings. The highest BCUT2D eigenvalue weighted by Gasteiger charge is 1.95. The Bertz CT molecular complexity index is 186. The maximum absolute atomic E-state index is 8.74. The highest BCUT2D eigenvalue weighted by Crippen LogP contribution is 2.04. The van der Waals surface area contributed by atoms with Gasteiger partial charge < -0.3 is 9.84 Å². The lowest BCUT2D eigenvalue weighted by Gasteiger charge is -2.05. The van der Waals surface area contributed by atoms with Crippen molar-refractivity contribution >= 4 is 0 Å². The smallest absolute Gasteiger partial charge is 0.215 e. The van der Waals surface area contributed by atoms with E-state index >= 15 is 0 Å². The van der Waals surface area contributed by atoms with Gasteiger partial charge in [0.05, 0.1) is 0 Å². The SMILES string of the molecule is CC(O)Oc1ccccn1. The van der Waals surface area contributed by atoms with Crippen LogP contribution in [0.4, 0.5) is 0 Å². The van der Waals surface area contributed by atoms with E-state index in [-0.39, 0.29) is 0 Å². The van der Waals surface area contributed by atoms with E-state index in [9.17, 15) is 0 Å². The lowest BCUT2D eigenvalue weighted by Crippen LogP contribution is -2.10. The molecule has 0 saturated heterocycles. The highest BCUT2D eigenvalue weighted by molar-refractivity contribution is 5.08. The highest BCUT2D eigenvalue weighted by atomic mass is 16.6. The summed E-state index contributed by atoms with van der Waals surface area (Å²) in [5, 5.41) is 8.74. The molecule has 1 atom stereocenters. The van der Waals surface area contributed by atoms with Crippen LogP contribution in [0.3, 0.4) is 0 Å². The minimum Gasteiger partial charge on any atom is -0.448 e. The summed E-state index contributed by atoms with van der Waals surface area (Å²) in [7, 11) is 0. The zero-order chi connectivity index (χ0) is 7.40. The van der Waals surface area contributed by atoms with E-state index in [1.54, 1.807) is 24.4 Å². The molecule has 0 amide bonds. The van der Waals surface area contributed by atoms with Crippen LogP contribution in [0, 0.1) is 0 Å². The van der Waals surface area contributed by atoms with Gasteiger partial charge in [0, 0.05) is 12.3 Å². The predicted molar refractivity (Wildman–Crippen MR) is 36.5 cm³/mol. The first kappa shape index (κ1) is 7.02. The van der Waals surface area contributed by atoms with Gasteiger partial charge in [0.1, 0.15) is 0 Å². The monoisotopic (exact) mass is 139 g/mol. The van der Waals surface area contributed by atoms with Crippen LogP contribution in [0.1, 0.15) is 6.92 Å². The van der Waals surface area contributed by atoms with E-state index < -0.39 is 6.29 Å². The molecule has 0 fully saturated rings. The molecule has 10 heavy (non-hydrogen) atoms. The largest absolute Gasteiger partial charge is 0.448 e. The van der Waals surface area contributed by atoms with Gasteiger partial charge in [-0.3, -0.25) is 0 Å². The van der Waals surface area contributed by atoms with Crippen LogP contribution in [0.5, 0.6) is 5.88 Å². The van der Waals surface area contributed by atoms with Crippen molar-refractivity contribution in [3.05, 3.63) is 24.4 Å². The first-order chi connectivity index (χ1) is 4.79. The zero-order valence-corrected chi connectivity index (χ0v) is 5.69. The van der Waals surface area contributed by atoms with Crippen molar-refractivity contribution in [3.63, 3.8) is 0 Å². The number of hydrogen-bond donors (Lipinski definition) is 1. The molecule has 1 aromatic heterocycles. The average Bonchev–Trinajstić information content (AvgIpc) is 1.88. The molecule has 0 saturated carbocycles. The Labute approximate surface area is 59.3 Å². The number of aliphatic hydroxyl groups is 1. The third kappa shape index (κ3) is 2.03. The second-order valence-corrected chi connectivity index (χ2v) is 1.89. The summed E-state index contributed by atoms with van der Waals surface area (Å²) in [5.41, 5.74) is 0. The van der Waals surface area contributed by atoms with Crippen LogP contribution in [0.25, 0.3) is 0 Å². The molecule has 0 bridgehead atoms.